The number of para-hydroxylation sites is 1. The SMILES string of the molecule is CCCNC(c1ccccc1OCCC)C(C)OC. The van der Waals surface area contributed by atoms with Crippen molar-refractivity contribution in [3.05, 3.63) is 29.8 Å². The highest BCUT2D eigenvalue weighted by Gasteiger charge is 2.21. The van der Waals surface area contributed by atoms with E-state index in [0.717, 1.165) is 31.7 Å². The summed E-state index contributed by atoms with van der Waals surface area (Å²) in [6.45, 7) is 8.09. The molecule has 19 heavy (non-hydrogen) atoms. The van der Waals surface area contributed by atoms with Crippen molar-refractivity contribution in [2.75, 3.05) is 20.3 Å². The molecule has 1 aromatic carbocycles. The number of benzene rings is 1. The Kier molecular flexibility index (Phi) is 7.53. The first kappa shape index (κ1) is 16.0. The van der Waals surface area contributed by atoms with E-state index < -0.39 is 0 Å². The van der Waals surface area contributed by atoms with Crippen LogP contribution in [0.4, 0.5) is 0 Å². The Morgan fingerprint density at radius 3 is 2.53 bits per heavy atom. The number of hydrogen-bond acceptors (Lipinski definition) is 3. The highest BCUT2D eigenvalue weighted by molar-refractivity contribution is 5.36. The average Bonchev–Trinajstić information content (AvgIpc) is 2.46. The summed E-state index contributed by atoms with van der Waals surface area (Å²) in [4.78, 5) is 0. The lowest BCUT2D eigenvalue weighted by molar-refractivity contribution is 0.0818. The zero-order valence-electron chi connectivity index (χ0n) is 12.6. The summed E-state index contributed by atoms with van der Waals surface area (Å²) in [7, 11) is 1.75. The van der Waals surface area contributed by atoms with Gasteiger partial charge < -0.3 is 14.8 Å². The second-order valence-corrected chi connectivity index (χ2v) is 4.76. The second-order valence-electron chi connectivity index (χ2n) is 4.76. The zero-order valence-corrected chi connectivity index (χ0v) is 12.6. The van der Waals surface area contributed by atoms with E-state index >= 15 is 0 Å². The van der Waals surface area contributed by atoms with Crippen LogP contribution >= 0.6 is 0 Å². The van der Waals surface area contributed by atoms with Crippen molar-refractivity contribution in [3.8, 4) is 5.75 Å². The first-order chi connectivity index (χ1) is 9.24. The number of rotatable bonds is 9. The van der Waals surface area contributed by atoms with E-state index in [-0.39, 0.29) is 12.1 Å². The van der Waals surface area contributed by atoms with Gasteiger partial charge in [-0.05, 0) is 32.4 Å². The molecule has 0 aromatic heterocycles. The fourth-order valence-electron chi connectivity index (χ4n) is 2.05. The minimum Gasteiger partial charge on any atom is -0.493 e. The topological polar surface area (TPSA) is 30.5 Å². The molecule has 2 atom stereocenters. The van der Waals surface area contributed by atoms with Gasteiger partial charge in [-0.1, -0.05) is 32.0 Å². The van der Waals surface area contributed by atoms with Crippen LogP contribution in [0.15, 0.2) is 24.3 Å². The molecule has 0 aliphatic carbocycles. The molecular weight excluding hydrogens is 238 g/mol. The molecule has 108 valence electrons. The number of methoxy groups -OCH3 is 1. The van der Waals surface area contributed by atoms with Gasteiger partial charge in [-0.25, -0.2) is 0 Å². The van der Waals surface area contributed by atoms with Gasteiger partial charge in [0.25, 0.3) is 0 Å². The van der Waals surface area contributed by atoms with Crippen LogP contribution < -0.4 is 10.1 Å². The zero-order chi connectivity index (χ0) is 14.1. The molecule has 0 aliphatic rings. The van der Waals surface area contributed by atoms with Crippen LogP contribution in [0.2, 0.25) is 0 Å². The Labute approximate surface area is 117 Å². The molecular formula is C16H27NO2. The number of nitrogens with one attached hydrogen (secondary N) is 1. The van der Waals surface area contributed by atoms with E-state index in [1.54, 1.807) is 7.11 Å². The van der Waals surface area contributed by atoms with E-state index in [1.165, 1.54) is 5.56 Å². The van der Waals surface area contributed by atoms with Crippen molar-refractivity contribution in [1.82, 2.24) is 5.32 Å². The Morgan fingerprint density at radius 2 is 1.89 bits per heavy atom. The molecule has 0 heterocycles. The fraction of sp³-hybridized carbons (Fsp3) is 0.625. The van der Waals surface area contributed by atoms with Crippen LogP contribution in [0.5, 0.6) is 5.75 Å². The van der Waals surface area contributed by atoms with E-state index in [1.807, 2.05) is 12.1 Å². The molecule has 0 radical (unpaired) electrons. The quantitative estimate of drug-likeness (QED) is 0.740. The first-order valence-corrected chi connectivity index (χ1v) is 7.22. The Balaban J connectivity index is 2.92. The van der Waals surface area contributed by atoms with Crippen LogP contribution in [0.25, 0.3) is 0 Å². The van der Waals surface area contributed by atoms with E-state index in [2.05, 4.69) is 38.2 Å². The van der Waals surface area contributed by atoms with Crippen LogP contribution in [0, 0.1) is 0 Å². The molecule has 0 saturated heterocycles. The van der Waals surface area contributed by atoms with Crippen molar-refractivity contribution < 1.29 is 9.47 Å². The van der Waals surface area contributed by atoms with Gasteiger partial charge >= 0.3 is 0 Å². The van der Waals surface area contributed by atoms with Gasteiger partial charge in [0, 0.05) is 12.7 Å². The molecule has 0 fully saturated rings. The van der Waals surface area contributed by atoms with Crippen molar-refractivity contribution in [1.29, 1.82) is 0 Å². The monoisotopic (exact) mass is 265 g/mol. The molecule has 0 amide bonds. The number of hydrogen-bond donors (Lipinski definition) is 1. The van der Waals surface area contributed by atoms with Gasteiger partial charge in [-0.15, -0.1) is 0 Å². The molecule has 3 nitrogen and oxygen atoms in total. The Bertz CT molecular complexity index is 354. The van der Waals surface area contributed by atoms with Gasteiger partial charge in [-0.2, -0.15) is 0 Å². The number of ether oxygens (including phenoxy) is 2. The highest BCUT2D eigenvalue weighted by atomic mass is 16.5. The Morgan fingerprint density at radius 1 is 1.16 bits per heavy atom. The summed E-state index contributed by atoms with van der Waals surface area (Å²) in [5, 5.41) is 3.55. The molecule has 0 saturated carbocycles. The predicted molar refractivity (Wildman–Crippen MR) is 79.7 cm³/mol. The summed E-state index contributed by atoms with van der Waals surface area (Å²) in [5.74, 6) is 0.960. The first-order valence-electron chi connectivity index (χ1n) is 7.22. The Hall–Kier alpha value is -1.06. The largest absolute Gasteiger partial charge is 0.493 e. The summed E-state index contributed by atoms with van der Waals surface area (Å²) < 4.78 is 11.4. The summed E-state index contributed by atoms with van der Waals surface area (Å²) in [6.07, 6.45) is 2.23. The lowest BCUT2D eigenvalue weighted by Crippen LogP contribution is -2.32. The van der Waals surface area contributed by atoms with Crippen LogP contribution in [-0.2, 0) is 4.74 Å². The van der Waals surface area contributed by atoms with E-state index in [9.17, 15) is 0 Å². The predicted octanol–water partition coefficient (Wildman–Crippen LogP) is 3.55. The fourth-order valence-corrected chi connectivity index (χ4v) is 2.05. The van der Waals surface area contributed by atoms with Gasteiger partial charge in [0.15, 0.2) is 0 Å². The molecule has 0 bridgehead atoms. The summed E-state index contributed by atoms with van der Waals surface area (Å²) >= 11 is 0. The minimum absolute atomic E-state index is 0.109. The second kappa shape index (κ2) is 8.94. The molecule has 2 unspecified atom stereocenters. The smallest absolute Gasteiger partial charge is 0.124 e. The van der Waals surface area contributed by atoms with Crippen LogP contribution in [0.3, 0.4) is 0 Å². The van der Waals surface area contributed by atoms with Gasteiger partial charge in [0.2, 0.25) is 0 Å². The maximum atomic E-state index is 5.85. The standard InChI is InChI=1S/C16H27NO2/c1-5-11-17-16(13(3)18-4)14-9-7-8-10-15(14)19-12-6-2/h7-10,13,16-17H,5-6,11-12H2,1-4H3. The lowest BCUT2D eigenvalue weighted by atomic mass is 10.0. The average molecular weight is 265 g/mol. The molecule has 1 N–H and O–H groups in total. The summed E-state index contributed by atoms with van der Waals surface area (Å²) in [6, 6.07) is 8.39. The molecule has 3 heteroatoms. The van der Waals surface area contributed by atoms with Crippen molar-refractivity contribution in [2.45, 2.75) is 45.8 Å². The highest BCUT2D eigenvalue weighted by Crippen LogP contribution is 2.28. The van der Waals surface area contributed by atoms with Gasteiger partial charge in [-0.3, -0.25) is 0 Å². The van der Waals surface area contributed by atoms with E-state index in [4.69, 9.17) is 9.47 Å². The van der Waals surface area contributed by atoms with Gasteiger partial charge in [0.1, 0.15) is 5.75 Å². The normalized spacial score (nSPS) is 14.1. The van der Waals surface area contributed by atoms with Crippen molar-refractivity contribution >= 4 is 0 Å². The maximum Gasteiger partial charge on any atom is 0.124 e. The molecule has 1 aromatic rings. The maximum absolute atomic E-state index is 5.85. The summed E-state index contributed by atoms with van der Waals surface area (Å²) in [5.41, 5.74) is 1.18. The van der Waals surface area contributed by atoms with Crippen molar-refractivity contribution in [3.63, 3.8) is 0 Å². The third-order valence-electron chi connectivity index (χ3n) is 3.17. The van der Waals surface area contributed by atoms with Gasteiger partial charge in [0.05, 0.1) is 18.8 Å². The molecule has 1 rings (SSSR count). The minimum atomic E-state index is 0.109. The third kappa shape index (κ3) is 4.84. The van der Waals surface area contributed by atoms with Crippen LogP contribution in [0.1, 0.15) is 45.2 Å². The van der Waals surface area contributed by atoms with Crippen LogP contribution in [-0.4, -0.2) is 26.4 Å². The van der Waals surface area contributed by atoms with E-state index in [0.29, 0.717) is 0 Å². The molecule has 0 aliphatic heterocycles. The van der Waals surface area contributed by atoms with Crippen molar-refractivity contribution in [2.24, 2.45) is 0 Å². The lowest BCUT2D eigenvalue weighted by Gasteiger charge is -2.26. The third-order valence-corrected chi connectivity index (χ3v) is 3.17. The molecule has 0 spiro atoms.